The molecule has 6 heteroatoms. The van der Waals surface area contributed by atoms with E-state index in [9.17, 15) is 4.79 Å². The van der Waals surface area contributed by atoms with Gasteiger partial charge in [0.25, 0.3) is 5.91 Å². The number of likely N-dealkylation sites (tertiary alicyclic amines) is 1. The lowest BCUT2D eigenvalue weighted by Crippen LogP contribution is -2.31. The smallest absolute Gasteiger partial charge is 0.274 e. The first-order valence-electron chi connectivity index (χ1n) is 6.71. The van der Waals surface area contributed by atoms with Crippen LogP contribution in [0.25, 0.3) is 0 Å². The number of carbonyl (C=O) groups is 1. The Morgan fingerprint density at radius 2 is 1.95 bits per heavy atom. The van der Waals surface area contributed by atoms with Gasteiger partial charge in [-0.25, -0.2) is 0 Å². The average molecular weight is 322 g/mol. The molecule has 1 aromatic heterocycles. The van der Waals surface area contributed by atoms with E-state index in [0.717, 1.165) is 18.4 Å². The molecule has 1 aliphatic rings. The zero-order valence-electron chi connectivity index (χ0n) is 11.2. The second-order valence-electron chi connectivity index (χ2n) is 4.92. The molecule has 1 fully saturated rings. The molecule has 0 saturated carbocycles. The first kappa shape index (κ1) is 14.3. The van der Waals surface area contributed by atoms with Crippen molar-refractivity contribution < 1.29 is 4.79 Å². The zero-order valence-corrected chi connectivity index (χ0v) is 12.7. The van der Waals surface area contributed by atoms with Crippen LogP contribution in [0.15, 0.2) is 36.4 Å². The Balaban J connectivity index is 1.89. The van der Waals surface area contributed by atoms with Gasteiger partial charge in [0.2, 0.25) is 0 Å². The Morgan fingerprint density at radius 1 is 1.14 bits per heavy atom. The van der Waals surface area contributed by atoms with Crippen LogP contribution in [0.4, 0.5) is 0 Å². The highest BCUT2D eigenvalue weighted by Crippen LogP contribution is 2.36. The summed E-state index contributed by atoms with van der Waals surface area (Å²) < 4.78 is 0. The van der Waals surface area contributed by atoms with Crippen LogP contribution in [0.3, 0.4) is 0 Å². The molecule has 0 bridgehead atoms. The minimum absolute atomic E-state index is 0.0105. The van der Waals surface area contributed by atoms with Crippen LogP contribution in [0, 0.1) is 0 Å². The Hall–Kier alpha value is -1.65. The SMILES string of the molecule is O=C(c1ccc(Cl)nn1)N1CCCC1c1ccccc1Cl. The van der Waals surface area contributed by atoms with Crippen molar-refractivity contribution in [2.75, 3.05) is 6.54 Å². The number of rotatable bonds is 2. The number of benzene rings is 1. The van der Waals surface area contributed by atoms with Crippen molar-refractivity contribution in [2.24, 2.45) is 0 Å². The van der Waals surface area contributed by atoms with Crippen molar-refractivity contribution in [1.29, 1.82) is 0 Å². The molecule has 1 aromatic carbocycles. The largest absolute Gasteiger partial charge is 0.330 e. The predicted octanol–water partition coefficient (Wildman–Crippen LogP) is 3.76. The Morgan fingerprint density at radius 3 is 2.67 bits per heavy atom. The van der Waals surface area contributed by atoms with E-state index in [1.165, 1.54) is 0 Å². The summed E-state index contributed by atoms with van der Waals surface area (Å²) >= 11 is 12.0. The fourth-order valence-electron chi connectivity index (χ4n) is 2.66. The summed E-state index contributed by atoms with van der Waals surface area (Å²) in [6, 6.07) is 10.8. The van der Waals surface area contributed by atoms with E-state index in [1.54, 1.807) is 17.0 Å². The molecule has 0 spiro atoms. The number of aromatic nitrogens is 2. The monoisotopic (exact) mass is 321 g/mol. The molecule has 21 heavy (non-hydrogen) atoms. The number of hydrogen-bond acceptors (Lipinski definition) is 3. The molecule has 2 heterocycles. The quantitative estimate of drug-likeness (QED) is 0.846. The summed E-state index contributed by atoms with van der Waals surface area (Å²) in [5.41, 5.74) is 1.28. The summed E-state index contributed by atoms with van der Waals surface area (Å²) in [5, 5.41) is 8.55. The van der Waals surface area contributed by atoms with Crippen LogP contribution in [-0.2, 0) is 0 Å². The maximum absolute atomic E-state index is 12.6. The van der Waals surface area contributed by atoms with Crippen molar-refractivity contribution in [3.05, 3.63) is 57.8 Å². The van der Waals surface area contributed by atoms with E-state index >= 15 is 0 Å². The van der Waals surface area contributed by atoms with Gasteiger partial charge in [-0.15, -0.1) is 10.2 Å². The van der Waals surface area contributed by atoms with Gasteiger partial charge in [0.1, 0.15) is 0 Å². The van der Waals surface area contributed by atoms with Crippen LogP contribution < -0.4 is 0 Å². The molecule has 108 valence electrons. The molecule has 1 saturated heterocycles. The standard InChI is InChI=1S/C15H13Cl2N3O/c16-11-5-2-1-4-10(11)13-6-3-9-20(13)15(21)12-7-8-14(17)19-18-12/h1-2,4-5,7-8,13H,3,6,9H2. The van der Waals surface area contributed by atoms with Gasteiger partial charge in [0.15, 0.2) is 10.8 Å². The second-order valence-corrected chi connectivity index (χ2v) is 5.71. The summed E-state index contributed by atoms with van der Waals surface area (Å²) in [6.45, 7) is 0.693. The highest BCUT2D eigenvalue weighted by atomic mass is 35.5. The van der Waals surface area contributed by atoms with Crippen molar-refractivity contribution in [2.45, 2.75) is 18.9 Å². The number of nitrogens with zero attached hydrogens (tertiary/aromatic N) is 3. The molecule has 0 N–H and O–H groups in total. The number of amides is 1. The zero-order chi connectivity index (χ0) is 14.8. The Bertz CT molecular complexity index is 660. The van der Waals surface area contributed by atoms with Crippen molar-refractivity contribution in [1.82, 2.24) is 15.1 Å². The average Bonchev–Trinajstić information content (AvgIpc) is 2.97. The van der Waals surface area contributed by atoms with Crippen LogP contribution >= 0.6 is 23.2 Å². The van der Waals surface area contributed by atoms with E-state index in [1.807, 2.05) is 24.3 Å². The lowest BCUT2D eigenvalue weighted by Gasteiger charge is -2.25. The van der Waals surface area contributed by atoms with E-state index in [4.69, 9.17) is 23.2 Å². The lowest BCUT2D eigenvalue weighted by atomic mass is 10.0. The van der Waals surface area contributed by atoms with E-state index in [0.29, 0.717) is 17.3 Å². The highest BCUT2D eigenvalue weighted by Gasteiger charge is 2.32. The topological polar surface area (TPSA) is 46.1 Å². The first-order valence-corrected chi connectivity index (χ1v) is 7.47. The van der Waals surface area contributed by atoms with Gasteiger partial charge in [-0.2, -0.15) is 0 Å². The molecule has 1 amide bonds. The molecule has 4 nitrogen and oxygen atoms in total. The molecule has 1 unspecified atom stereocenters. The lowest BCUT2D eigenvalue weighted by molar-refractivity contribution is 0.0728. The Labute approximate surface area is 132 Å². The summed E-state index contributed by atoms with van der Waals surface area (Å²) in [7, 11) is 0. The summed E-state index contributed by atoms with van der Waals surface area (Å²) in [6.07, 6.45) is 1.85. The maximum Gasteiger partial charge on any atom is 0.274 e. The van der Waals surface area contributed by atoms with Gasteiger partial charge in [0.05, 0.1) is 6.04 Å². The van der Waals surface area contributed by atoms with Gasteiger partial charge in [-0.05, 0) is 36.6 Å². The van der Waals surface area contributed by atoms with Gasteiger partial charge in [0, 0.05) is 11.6 Å². The first-order chi connectivity index (χ1) is 10.2. The molecule has 1 atom stereocenters. The third kappa shape index (κ3) is 2.87. The third-order valence-corrected chi connectivity index (χ3v) is 4.17. The maximum atomic E-state index is 12.6. The Kier molecular flexibility index (Phi) is 4.08. The molecule has 3 rings (SSSR count). The fourth-order valence-corrected chi connectivity index (χ4v) is 3.02. The van der Waals surface area contributed by atoms with Crippen LogP contribution in [0.1, 0.15) is 34.9 Å². The molecular formula is C15H13Cl2N3O. The van der Waals surface area contributed by atoms with E-state index in [-0.39, 0.29) is 17.1 Å². The fraction of sp³-hybridized carbons (Fsp3) is 0.267. The normalized spacial score (nSPS) is 18.0. The van der Waals surface area contributed by atoms with Crippen LogP contribution in [0.5, 0.6) is 0 Å². The van der Waals surface area contributed by atoms with E-state index in [2.05, 4.69) is 10.2 Å². The van der Waals surface area contributed by atoms with Gasteiger partial charge >= 0.3 is 0 Å². The van der Waals surface area contributed by atoms with Crippen molar-refractivity contribution in [3.63, 3.8) is 0 Å². The summed E-state index contributed by atoms with van der Waals surface area (Å²) in [4.78, 5) is 14.4. The molecule has 1 aliphatic heterocycles. The highest BCUT2D eigenvalue weighted by molar-refractivity contribution is 6.31. The number of halogens is 2. The van der Waals surface area contributed by atoms with Gasteiger partial charge < -0.3 is 4.90 Å². The molecule has 2 aromatic rings. The van der Waals surface area contributed by atoms with E-state index < -0.39 is 0 Å². The molecule has 0 aliphatic carbocycles. The third-order valence-electron chi connectivity index (χ3n) is 3.63. The second kappa shape index (κ2) is 6.00. The van der Waals surface area contributed by atoms with Crippen LogP contribution in [-0.4, -0.2) is 27.5 Å². The number of hydrogen-bond donors (Lipinski definition) is 0. The van der Waals surface area contributed by atoms with Crippen LogP contribution in [0.2, 0.25) is 10.2 Å². The van der Waals surface area contributed by atoms with Crippen molar-refractivity contribution in [3.8, 4) is 0 Å². The number of carbonyl (C=O) groups excluding carboxylic acids is 1. The van der Waals surface area contributed by atoms with Gasteiger partial charge in [-0.1, -0.05) is 41.4 Å². The molecule has 0 radical (unpaired) electrons. The minimum atomic E-state index is -0.137. The van der Waals surface area contributed by atoms with Crippen molar-refractivity contribution >= 4 is 29.1 Å². The van der Waals surface area contributed by atoms with Gasteiger partial charge in [-0.3, -0.25) is 4.79 Å². The predicted molar refractivity (Wildman–Crippen MR) is 81.5 cm³/mol. The summed E-state index contributed by atoms with van der Waals surface area (Å²) in [5.74, 6) is -0.137. The molecular weight excluding hydrogens is 309 g/mol. The minimum Gasteiger partial charge on any atom is -0.330 e.